The van der Waals surface area contributed by atoms with Crippen molar-refractivity contribution in [3.8, 4) is 11.5 Å². The maximum absolute atomic E-state index is 12.1. The summed E-state index contributed by atoms with van der Waals surface area (Å²) in [4.78, 5) is 0. The van der Waals surface area contributed by atoms with Gasteiger partial charge in [0.2, 0.25) is 0 Å². The van der Waals surface area contributed by atoms with Gasteiger partial charge in [-0.05, 0) is 6.07 Å². The van der Waals surface area contributed by atoms with Gasteiger partial charge in [-0.1, -0.05) is 11.6 Å². The van der Waals surface area contributed by atoms with Crippen molar-refractivity contribution in [2.24, 2.45) is 0 Å². The standard InChI is InChI=1S/C11H10ClN3O4S/c12-7-5-9-10(19-4-3-18-9)6-8(7)15-20(16,17)11-1-2-13-14-11/h1-2,5-6,15H,3-4H2,(H,13,14). The predicted octanol–water partition coefficient (Wildman–Crippen LogP) is 1.64. The number of fused-ring (bicyclic) bond motifs is 1. The molecule has 0 saturated heterocycles. The van der Waals surface area contributed by atoms with E-state index >= 15 is 0 Å². The highest BCUT2D eigenvalue weighted by molar-refractivity contribution is 7.92. The van der Waals surface area contributed by atoms with E-state index in [0.717, 1.165) is 0 Å². The van der Waals surface area contributed by atoms with E-state index in [4.69, 9.17) is 21.1 Å². The molecule has 3 rings (SSSR count). The maximum atomic E-state index is 12.1. The van der Waals surface area contributed by atoms with Gasteiger partial charge in [0.25, 0.3) is 10.0 Å². The highest BCUT2D eigenvalue weighted by atomic mass is 35.5. The van der Waals surface area contributed by atoms with Gasteiger partial charge in [-0.15, -0.1) is 0 Å². The van der Waals surface area contributed by atoms with Gasteiger partial charge in [0.1, 0.15) is 13.2 Å². The van der Waals surface area contributed by atoms with E-state index in [9.17, 15) is 8.42 Å². The zero-order valence-electron chi connectivity index (χ0n) is 10.1. The SMILES string of the molecule is O=S(=O)(Nc1cc2c(cc1Cl)OCCO2)c1ccn[nH]1. The summed E-state index contributed by atoms with van der Waals surface area (Å²) >= 11 is 6.04. The van der Waals surface area contributed by atoms with E-state index in [2.05, 4.69) is 14.9 Å². The smallest absolute Gasteiger partial charge is 0.278 e. The van der Waals surface area contributed by atoms with Crippen molar-refractivity contribution >= 4 is 27.3 Å². The van der Waals surface area contributed by atoms with E-state index in [1.54, 1.807) is 0 Å². The van der Waals surface area contributed by atoms with Crippen molar-refractivity contribution in [1.29, 1.82) is 0 Å². The molecule has 0 spiro atoms. The van der Waals surface area contributed by atoms with Gasteiger partial charge in [-0.2, -0.15) is 13.5 Å². The van der Waals surface area contributed by atoms with Crippen molar-refractivity contribution in [2.75, 3.05) is 17.9 Å². The van der Waals surface area contributed by atoms with Crippen LogP contribution in [0.25, 0.3) is 0 Å². The molecule has 7 nitrogen and oxygen atoms in total. The molecule has 1 aromatic carbocycles. The summed E-state index contributed by atoms with van der Waals surface area (Å²) in [7, 11) is -3.77. The van der Waals surface area contributed by atoms with E-state index in [-0.39, 0.29) is 15.7 Å². The van der Waals surface area contributed by atoms with Crippen LogP contribution in [0.2, 0.25) is 5.02 Å². The molecule has 20 heavy (non-hydrogen) atoms. The molecule has 1 aromatic heterocycles. The Bertz CT molecular complexity index is 730. The monoisotopic (exact) mass is 315 g/mol. The molecule has 0 fully saturated rings. The minimum atomic E-state index is -3.77. The average molecular weight is 316 g/mol. The van der Waals surface area contributed by atoms with Crippen LogP contribution in [0, 0.1) is 0 Å². The lowest BCUT2D eigenvalue weighted by Crippen LogP contribution is -2.17. The number of nitrogens with one attached hydrogen (secondary N) is 2. The first-order valence-corrected chi connectivity index (χ1v) is 7.54. The quantitative estimate of drug-likeness (QED) is 0.898. The Hall–Kier alpha value is -1.93. The van der Waals surface area contributed by atoms with E-state index in [1.165, 1.54) is 24.4 Å². The molecule has 0 radical (unpaired) electrons. The number of anilines is 1. The number of aromatic nitrogens is 2. The number of rotatable bonds is 3. The number of hydrogen-bond acceptors (Lipinski definition) is 5. The molecule has 2 heterocycles. The first-order chi connectivity index (χ1) is 9.56. The summed E-state index contributed by atoms with van der Waals surface area (Å²) in [5.74, 6) is 0.939. The molecule has 0 atom stereocenters. The second kappa shape index (κ2) is 4.88. The van der Waals surface area contributed by atoms with E-state index < -0.39 is 10.0 Å². The molecule has 0 bridgehead atoms. The lowest BCUT2D eigenvalue weighted by molar-refractivity contribution is 0.171. The highest BCUT2D eigenvalue weighted by Crippen LogP contribution is 2.38. The highest BCUT2D eigenvalue weighted by Gasteiger charge is 2.20. The second-order valence-corrected chi connectivity index (χ2v) is 6.06. The number of benzene rings is 1. The van der Waals surface area contributed by atoms with Crippen LogP contribution in [0.4, 0.5) is 5.69 Å². The van der Waals surface area contributed by atoms with Crippen LogP contribution in [-0.4, -0.2) is 31.8 Å². The van der Waals surface area contributed by atoms with Crippen LogP contribution < -0.4 is 14.2 Å². The van der Waals surface area contributed by atoms with Gasteiger partial charge in [0.05, 0.1) is 16.9 Å². The molecule has 0 unspecified atom stereocenters. The van der Waals surface area contributed by atoms with Crippen molar-refractivity contribution in [1.82, 2.24) is 10.2 Å². The summed E-state index contributed by atoms with van der Waals surface area (Å²) < 4.78 is 37.3. The lowest BCUT2D eigenvalue weighted by atomic mass is 10.2. The van der Waals surface area contributed by atoms with Gasteiger partial charge in [0.15, 0.2) is 16.5 Å². The molecular formula is C11H10ClN3O4S. The molecule has 9 heteroatoms. The number of hydrogen-bond donors (Lipinski definition) is 2. The zero-order valence-corrected chi connectivity index (χ0v) is 11.7. The Morgan fingerprint density at radius 2 is 1.95 bits per heavy atom. The third-order valence-electron chi connectivity index (χ3n) is 2.64. The molecule has 2 aromatic rings. The summed E-state index contributed by atoms with van der Waals surface area (Å²) in [5, 5.41) is 6.15. The third kappa shape index (κ3) is 2.39. The number of H-pyrrole nitrogens is 1. The molecule has 0 amide bonds. The van der Waals surface area contributed by atoms with Crippen molar-refractivity contribution in [3.63, 3.8) is 0 Å². The first kappa shape index (κ1) is 13.1. The summed E-state index contributed by atoms with van der Waals surface area (Å²) in [5.41, 5.74) is 0.213. The Morgan fingerprint density at radius 1 is 1.25 bits per heavy atom. The van der Waals surface area contributed by atoms with Gasteiger partial charge in [-0.25, -0.2) is 0 Å². The molecule has 106 valence electrons. The van der Waals surface area contributed by atoms with Gasteiger partial charge < -0.3 is 9.47 Å². The minimum Gasteiger partial charge on any atom is -0.486 e. The maximum Gasteiger partial charge on any atom is 0.278 e. The lowest BCUT2D eigenvalue weighted by Gasteiger charge is -2.20. The summed E-state index contributed by atoms with van der Waals surface area (Å²) in [6.45, 7) is 0.837. The third-order valence-corrected chi connectivity index (χ3v) is 4.25. The summed E-state index contributed by atoms with van der Waals surface area (Å²) in [6.07, 6.45) is 1.35. The van der Waals surface area contributed by atoms with Crippen LogP contribution in [-0.2, 0) is 10.0 Å². The Morgan fingerprint density at radius 3 is 2.60 bits per heavy atom. The fraction of sp³-hybridized carbons (Fsp3) is 0.182. The van der Waals surface area contributed by atoms with Crippen molar-refractivity contribution in [2.45, 2.75) is 5.03 Å². The largest absolute Gasteiger partial charge is 0.486 e. The number of ether oxygens (including phenoxy) is 2. The molecule has 0 saturated carbocycles. The summed E-state index contributed by atoms with van der Waals surface area (Å²) in [6, 6.07) is 4.35. The van der Waals surface area contributed by atoms with Gasteiger partial charge in [-0.3, -0.25) is 9.82 Å². The number of halogens is 1. The van der Waals surface area contributed by atoms with Crippen LogP contribution in [0.3, 0.4) is 0 Å². The molecule has 1 aliphatic rings. The Labute approximate surface area is 119 Å². The normalized spacial score (nSPS) is 14.1. The van der Waals surface area contributed by atoms with Crippen LogP contribution in [0.5, 0.6) is 11.5 Å². The fourth-order valence-electron chi connectivity index (χ4n) is 1.73. The average Bonchev–Trinajstić information content (AvgIpc) is 2.94. The minimum absolute atomic E-state index is 0.0524. The molecule has 0 aliphatic carbocycles. The Kier molecular flexibility index (Phi) is 3.19. The molecular weight excluding hydrogens is 306 g/mol. The van der Waals surface area contributed by atoms with Crippen LogP contribution >= 0.6 is 11.6 Å². The predicted molar refractivity (Wildman–Crippen MR) is 71.8 cm³/mol. The van der Waals surface area contributed by atoms with Gasteiger partial charge in [0, 0.05) is 12.1 Å². The van der Waals surface area contributed by atoms with Crippen LogP contribution in [0.1, 0.15) is 0 Å². The number of nitrogens with zero attached hydrogens (tertiary/aromatic N) is 1. The van der Waals surface area contributed by atoms with Gasteiger partial charge >= 0.3 is 0 Å². The molecule has 2 N–H and O–H groups in total. The van der Waals surface area contributed by atoms with Crippen molar-refractivity contribution in [3.05, 3.63) is 29.4 Å². The first-order valence-electron chi connectivity index (χ1n) is 5.67. The Balaban J connectivity index is 1.95. The zero-order chi connectivity index (χ0) is 14.2. The number of aromatic amines is 1. The number of sulfonamides is 1. The van der Waals surface area contributed by atoms with Crippen LogP contribution in [0.15, 0.2) is 29.4 Å². The fourth-order valence-corrected chi connectivity index (χ4v) is 2.97. The molecule has 1 aliphatic heterocycles. The second-order valence-electron chi connectivity index (χ2n) is 4.00. The van der Waals surface area contributed by atoms with Crippen molar-refractivity contribution < 1.29 is 17.9 Å². The van der Waals surface area contributed by atoms with E-state index in [0.29, 0.717) is 24.7 Å². The van der Waals surface area contributed by atoms with E-state index in [1.807, 2.05) is 0 Å². The topological polar surface area (TPSA) is 93.3 Å².